The molecule has 0 saturated carbocycles. The van der Waals surface area contributed by atoms with Crippen LogP contribution in [0.3, 0.4) is 0 Å². The first-order valence-corrected chi connectivity index (χ1v) is 6.29. The summed E-state index contributed by atoms with van der Waals surface area (Å²) in [5.41, 5.74) is 1.43. The molecule has 0 aliphatic heterocycles. The number of hydrogen-bond donors (Lipinski definition) is 2. The largest absolute Gasteiger partial charge is 0.383 e. The zero-order valence-electron chi connectivity index (χ0n) is 9.29. The van der Waals surface area contributed by atoms with Gasteiger partial charge in [-0.3, -0.25) is 0 Å². The summed E-state index contributed by atoms with van der Waals surface area (Å²) in [7, 11) is 1.72. The van der Waals surface area contributed by atoms with Gasteiger partial charge in [0.25, 0.3) is 0 Å². The number of thiophene rings is 1. The normalized spacial score (nSPS) is 10.7. The van der Waals surface area contributed by atoms with E-state index in [4.69, 9.17) is 4.74 Å². The molecule has 0 radical (unpaired) electrons. The molecule has 4 heteroatoms. The molecule has 0 bridgehead atoms. The van der Waals surface area contributed by atoms with Gasteiger partial charge in [0.1, 0.15) is 0 Å². The van der Waals surface area contributed by atoms with Crippen molar-refractivity contribution in [1.29, 1.82) is 0 Å². The minimum absolute atomic E-state index is 0.787. The number of methoxy groups -OCH3 is 1. The van der Waals surface area contributed by atoms with Crippen LogP contribution in [-0.4, -0.2) is 39.9 Å². The van der Waals surface area contributed by atoms with Crippen LogP contribution in [0.4, 0.5) is 0 Å². The van der Waals surface area contributed by atoms with E-state index in [0.717, 1.165) is 39.2 Å². The van der Waals surface area contributed by atoms with Gasteiger partial charge in [-0.2, -0.15) is 11.3 Å². The fraction of sp³-hybridized carbons (Fsp3) is 0.636. The van der Waals surface area contributed by atoms with E-state index in [-0.39, 0.29) is 0 Å². The maximum absolute atomic E-state index is 4.94. The van der Waals surface area contributed by atoms with Crippen molar-refractivity contribution >= 4 is 11.3 Å². The van der Waals surface area contributed by atoms with Crippen LogP contribution in [0.15, 0.2) is 16.8 Å². The highest BCUT2D eigenvalue weighted by Crippen LogP contribution is 2.05. The Kier molecular flexibility index (Phi) is 7.47. The predicted molar refractivity (Wildman–Crippen MR) is 65.6 cm³/mol. The van der Waals surface area contributed by atoms with E-state index in [0.29, 0.717) is 0 Å². The number of nitrogens with one attached hydrogen (secondary N) is 2. The molecule has 0 aliphatic rings. The average Bonchev–Trinajstić information content (AvgIpc) is 2.75. The summed E-state index contributed by atoms with van der Waals surface area (Å²) in [6, 6.07) is 2.18. The Bertz CT molecular complexity index is 227. The molecule has 1 rings (SSSR count). The fourth-order valence-corrected chi connectivity index (χ4v) is 1.97. The van der Waals surface area contributed by atoms with Crippen molar-refractivity contribution in [3.8, 4) is 0 Å². The first-order valence-electron chi connectivity index (χ1n) is 5.35. The quantitative estimate of drug-likeness (QED) is 0.621. The summed E-state index contributed by atoms with van der Waals surface area (Å²) in [5.74, 6) is 0. The smallest absolute Gasteiger partial charge is 0.0587 e. The molecule has 0 saturated heterocycles. The van der Waals surface area contributed by atoms with Crippen molar-refractivity contribution in [3.05, 3.63) is 22.4 Å². The second-order valence-corrected chi connectivity index (χ2v) is 4.15. The first-order chi connectivity index (χ1) is 7.43. The Morgan fingerprint density at radius 2 is 2.00 bits per heavy atom. The summed E-state index contributed by atoms with van der Waals surface area (Å²) in [5, 5.41) is 11.0. The van der Waals surface area contributed by atoms with E-state index < -0.39 is 0 Å². The zero-order chi connectivity index (χ0) is 10.8. The molecule has 0 aromatic carbocycles. The summed E-state index contributed by atoms with van der Waals surface area (Å²) in [6.07, 6.45) is 1.13. The van der Waals surface area contributed by atoms with Crippen LogP contribution in [0.1, 0.15) is 5.56 Å². The van der Waals surface area contributed by atoms with Crippen LogP contribution >= 0.6 is 11.3 Å². The number of rotatable bonds is 9. The molecule has 0 fully saturated rings. The van der Waals surface area contributed by atoms with Gasteiger partial charge in [-0.05, 0) is 35.4 Å². The van der Waals surface area contributed by atoms with Gasteiger partial charge in [0.15, 0.2) is 0 Å². The number of ether oxygens (including phenoxy) is 1. The zero-order valence-corrected chi connectivity index (χ0v) is 10.1. The van der Waals surface area contributed by atoms with Gasteiger partial charge in [0.05, 0.1) is 6.61 Å². The fourth-order valence-electron chi connectivity index (χ4n) is 1.27. The lowest BCUT2D eigenvalue weighted by Crippen LogP contribution is -2.30. The van der Waals surface area contributed by atoms with Gasteiger partial charge in [0, 0.05) is 26.7 Å². The summed E-state index contributed by atoms with van der Waals surface area (Å²) < 4.78 is 4.94. The van der Waals surface area contributed by atoms with E-state index in [1.165, 1.54) is 5.56 Å². The average molecular weight is 228 g/mol. The highest BCUT2D eigenvalue weighted by atomic mass is 32.1. The molecule has 86 valence electrons. The standard InChI is InChI=1S/C11H20N2OS/c1-14-8-7-13-6-5-12-4-2-11-3-9-15-10-11/h3,9-10,12-13H,2,4-8H2,1H3. The minimum atomic E-state index is 0.787. The second-order valence-electron chi connectivity index (χ2n) is 3.37. The van der Waals surface area contributed by atoms with Gasteiger partial charge < -0.3 is 15.4 Å². The molecule has 1 heterocycles. The van der Waals surface area contributed by atoms with Crippen molar-refractivity contribution in [2.45, 2.75) is 6.42 Å². The molecular weight excluding hydrogens is 208 g/mol. The molecular formula is C11H20N2OS. The molecule has 15 heavy (non-hydrogen) atoms. The van der Waals surface area contributed by atoms with Crippen molar-refractivity contribution in [2.75, 3.05) is 39.9 Å². The molecule has 0 spiro atoms. The molecule has 1 aromatic rings. The van der Waals surface area contributed by atoms with Crippen molar-refractivity contribution in [1.82, 2.24) is 10.6 Å². The SMILES string of the molecule is COCCNCCNCCc1ccsc1. The van der Waals surface area contributed by atoms with Crippen LogP contribution < -0.4 is 10.6 Å². The monoisotopic (exact) mass is 228 g/mol. The van der Waals surface area contributed by atoms with Crippen LogP contribution in [0, 0.1) is 0 Å². The molecule has 2 N–H and O–H groups in total. The molecule has 0 unspecified atom stereocenters. The molecule has 0 amide bonds. The lowest BCUT2D eigenvalue weighted by Gasteiger charge is -2.05. The molecule has 1 aromatic heterocycles. The van der Waals surface area contributed by atoms with Gasteiger partial charge >= 0.3 is 0 Å². The maximum atomic E-state index is 4.94. The Hall–Kier alpha value is -0.420. The minimum Gasteiger partial charge on any atom is -0.383 e. The molecule has 3 nitrogen and oxygen atoms in total. The van der Waals surface area contributed by atoms with Crippen molar-refractivity contribution < 1.29 is 4.74 Å². The summed E-state index contributed by atoms with van der Waals surface area (Å²) in [6.45, 7) is 4.81. The van der Waals surface area contributed by atoms with Crippen LogP contribution in [0.5, 0.6) is 0 Å². The van der Waals surface area contributed by atoms with E-state index in [2.05, 4.69) is 27.5 Å². The third-order valence-corrected chi connectivity index (χ3v) is 2.86. The van der Waals surface area contributed by atoms with Gasteiger partial charge in [-0.1, -0.05) is 0 Å². The Balaban J connectivity index is 1.81. The van der Waals surface area contributed by atoms with Gasteiger partial charge in [-0.25, -0.2) is 0 Å². The Labute approximate surface area is 95.8 Å². The first kappa shape index (κ1) is 12.6. The maximum Gasteiger partial charge on any atom is 0.0587 e. The summed E-state index contributed by atoms with van der Waals surface area (Å²) >= 11 is 1.76. The molecule has 0 atom stereocenters. The third-order valence-electron chi connectivity index (χ3n) is 2.13. The van der Waals surface area contributed by atoms with Crippen molar-refractivity contribution in [3.63, 3.8) is 0 Å². The summed E-state index contributed by atoms with van der Waals surface area (Å²) in [4.78, 5) is 0. The second kappa shape index (κ2) is 8.85. The lowest BCUT2D eigenvalue weighted by molar-refractivity contribution is 0.199. The predicted octanol–water partition coefficient (Wildman–Crippen LogP) is 1.12. The van der Waals surface area contributed by atoms with Crippen molar-refractivity contribution in [2.24, 2.45) is 0 Å². The molecule has 0 aliphatic carbocycles. The van der Waals surface area contributed by atoms with Gasteiger partial charge in [0.2, 0.25) is 0 Å². The third kappa shape index (κ3) is 6.62. The highest BCUT2D eigenvalue weighted by molar-refractivity contribution is 7.07. The Morgan fingerprint density at radius 3 is 2.67 bits per heavy atom. The lowest BCUT2D eigenvalue weighted by atomic mass is 10.2. The van der Waals surface area contributed by atoms with Crippen LogP contribution in [0.2, 0.25) is 0 Å². The van der Waals surface area contributed by atoms with E-state index >= 15 is 0 Å². The number of hydrogen-bond acceptors (Lipinski definition) is 4. The van der Waals surface area contributed by atoms with E-state index in [1.54, 1.807) is 18.4 Å². The van der Waals surface area contributed by atoms with Crippen LogP contribution in [0.25, 0.3) is 0 Å². The highest BCUT2D eigenvalue weighted by Gasteiger charge is 1.92. The van der Waals surface area contributed by atoms with Gasteiger partial charge in [-0.15, -0.1) is 0 Å². The Morgan fingerprint density at radius 1 is 1.20 bits per heavy atom. The van der Waals surface area contributed by atoms with Crippen LogP contribution in [-0.2, 0) is 11.2 Å². The topological polar surface area (TPSA) is 33.3 Å². The van der Waals surface area contributed by atoms with E-state index in [1.807, 2.05) is 0 Å². The van der Waals surface area contributed by atoms with E-state index in [9.17, 15) is 0 Å².